The van der Waals surface area contributed by atoms with Crippen LogP contribution < -0.4 is 19.7 Å². The average Bonchev–Trinajstić information content (AvgIpc) is 3.27. The van der Waals surface area contributed by atoms with Crippen molar-refractivity contribution in [2.45, 2.75) is 44.7 Å². The van der Waals surface area contributed by atoms with E-state index in [-0.39, 0.29) is 17.6 Å². The minimum Gasteiger partial charge on any atom is -0.507 e. The third-order valence-electron chi connectivity index (χ3n) is 7.00. The number of methoxy groups -OCH3 is 2. The van der Waals surface area contributed by atoms with Gasteiger partial charge >= 0.3 is 0 Å². The quantitative estimate of drug-likeness (QED) is 0.464. The van der Waals surface area contributed by atoms with Gasteiger partial charge in [0.2, 0.25) is 5.91 Å². The maximum absolute atomic E-state index is 13.4. The summed E-state index contributed by atoms with van der Waals surface area (Å²) in [6, 6.07) is 13.5. The lowest BCUT2D eigenvalue weighted by molar-refractivity contribution is -0.118. The zero-order chi connectivity index (χ0) is 26.4. The number of hydrogen-bond donors (Lipinski definition) is 2. The molecule has 0 radical (unpaired) electrons. The molecular formula is C27H29ClN2O5S. The molecule has 2 aromatic carbocycles. The summed E-state index contributed by atoms with van der Waals surface area (Å²) < 4.78 is 11.3. The van der Waals surface area contributed by atoms with E-state index < -0.39 is 17.0 Å². The molecule has 0 aliphatic carbocycles. The second-order valence-corrected chi connectivity index (χ2v) is 11.2. The Balaban J connectivity index is 2.02. The predicted molar refractivity (Wildman–Crippen MR) is 142 cm³/mol. The molecule has 1 aliphatic rings. The summed E-state index contributed by atoms with van der Waals surface area (Å²) in [6.45, 7) is 7.24. The summed E-state index contributed by atoms with van der Waals surface area (Å²) >= 11 is 7.27. The first kappa shape index (κ1) is 25.9. The normalized spacial score (nSPS) is 20.4. The number of carbonyl (C=O) groups is 2. The number of amides is 2. The van der Waals surface area contributed by atoms with Crippen molar-refractivity contribution in [2.75, 3.05) is 19.1 Å². The van der Waals surface area contributed by atoms with Gasteiger partial charge in [0.05, 0.1) is 40.7 Å². The molecule has 3 aromatic rings. The van der Waals surface area contributed by atoms with Crippen LogP contribution in [0, 0.1) is 0 Å². The Morgan fingerprint density at radius 3 is 2.19 bits per heavy atom. The van der Waals surface area contributed by atoms with Crippen molar-refractivity contribution in [3.8, 4) is 17.2 Å². The van der Waals surface area contributed by atoms with E-state index in [2.05, 4.69) is 5.32 Å². The number of carbonyl (C=O) groups excluding carboxylic acids is 2. The molecule has 190 valence electrons. The lowest BCUT2D eigenvalue weighted by Crippen LogP contribution is -2.70. The maximum atomic E-state index is 13.4. The van der Waals surface area contributed by atoms with Crippen LogP contribution in [0.5, 0.6) is 17.2 Å². The number of nitrogens with zero attached hydrogens (tertiary/aromatic N) is 1. The summed E-state index contributed by atoms with van der Waals surface area (Å²) in [7, 11) is 3.10. The van der Waals surface area contributed by atoms with E-state index in [0.29, 0.717) is 32.0 Å². The van der Waals surface area contributed by atoms with Gasteiger partial charge in [0, 0.05) is 30.0 Å². The van der Waals surface area contributed by atoms with Crippen LogP contribution in [0.4, 0.5) is 5.69 Å². The van der Waals surface area contributed by atoms with Crippen molar-refractivity contribution in [1.29, 1.82) is 0 Å². The predicted octanol–water partition coefficient (Wildman–Crippen LogP) is 5.37. The molecule has 36 heavy (non-hydrogen) atoms. The highest BCUT2D eigenvalue weighted by Crippen LogP contribution is 2.55. The molecule has 0 bridgehead atoms. The Kier molecular flexibility index (Phi) is 6.70. The highest BCUT2D eigenvalue weighted by atomic mass is 35.5. The van der Waals surface area contributed by atoms with E-state index in [1.165, 1.54) is 31.4 Å². The maximum Gasteiger partial charge on any atom is 0.261 e. The molecule has 1 aliphatic heterocycles. The van der Waals surface area contributed by atoms with Crippen molar-refractivity contribution in [3.63, 3.8) is 0 Å². The molecule has 0 fully saturated rings. The third-order valence-corrected chi connectivity index (χ3v) is 8.23. The Labute approximate surface area is 219 Å². The lowest BCUT2D eigenvalue weighted by Gasteiger charge is -2.56. The van der Waals surface area contributed by atoms with Gasteiger partial charge < -0.3 is 24.8 Å². The Bertz CT molecular complexity index is 1320. The fourth-order valence-electron chi connectivity index (χ4n) is 5.49. The Morgan fingerprint density at radius 1 is 1.03 bits per heavy atom. The van der Waals surface area contributed by atoms with E-state index in [0.717, 1.165) is 5.56 Å². The van der Waals surface area contributed by atoms with Gasteiger partial charge in [0.15, 0.2) is 0 Å². The van der Waals surface area contributed by atoms with Crippen LogP contribution in [0.25, 0.3) is 0 Å². The number of aromatic hydroxyl groups is 1. The molecule has 0 spiro atoms. The number of fused-ring (bicyclic) bond motifs is 1. The number of hydrogen-bond acceptors (Lipinski definition) is 6. The van der Waals surface area contributed by atoms with Crippen LogP contribution in [-0.2, 0) is 10.2 Å². The van der Waals surface area contributed by atoms with Crippen molar-refractivity contribution in [1.82, 2.24) is 5.32 Å². The number of phenolic OH excluding ortho intramolecular Hbond substituents is 1. The Morgan fingerprint density at radius 2 is 1.67 bits per heavy atom. The molecule has 2 amide bonds. The number of halogens is 1. The number of nitrogens with one attached hydrogen (secondary N) is 1. The second-order valence-electron chi connectivity index (χ2n) is 9.49. The second kappa shape index (κ2) is 9.33. The zero-order valence-electron chi connectivity index (χ0n) is 21.0. The van der Waals surface area contributed by atoms with Gasteiger partial charge in [0.1, 0.15) is 17.2 Å². The van der Waals surface area contributed by atoms with Crippen LogP contribution >= 0.6 is 22.9 Å². The minimum absolute atomic E-state index is 0.0390. The highest BCUT2D eigenvalue weighted by molar-refractivity contribution is 7.18. The van der Waals surface area contributed by atoms with Gasteiger partial charge in [-0.25, -0.2) is 0 Å². The summed E-state index contributed by atoms with van der Waals surface area (Å²) in [5.74, 6) is 0.508. The van der Waals surface area contributed by atoms with E-state index in [9.17, 15) is 14.7 Å². The van der Waals surface area contributed by atoms with Crippen molar-refractivity contribution < 1.29 is 24.2 Å². The van der Waals surface area contributed by atoms with Gasteiger partial charge in [0.25, 0.3) is 5.91 Å². The molecule has 0 saturated carbocycles. The number of phenols is 1. The van der Waals surface area contributed by atoms with Gasteiger partial charge in [-0.05, 0) is 50.6 Å². The SMILES string of the molecule is COc1ccc(C2(C)c3c(O)cc(OC)cc3N(C(C)=O)C(C)(C)C2NC(=O)c2ccc(Cl)s2)cc1. The smallest absolute Gasteiger partial charge is 0.261 e. The molecule has 7 nitrogen and oxygen atoms in total. The van der Waals surface area contributed by atoms with Gasteiger partial charge in [-0.2, -0.15) is 0 Å². The average molecular weight is 529 g/mol. The highest BCUT2D eigenvalue weighted by Gasteiger charge is 2.57. The minimum atomic E-state index is -0.954. The van der Waals surface area contributed by atoms with Gasteiger partial charge in [-0.3, -0.25) is 9.59 Å². The number of ether oxygens (including phenoxy) is 2. The molecule has 2 heterocycles. The number of thiophene rings is 1. The number of rotatable bonds is 5. The summed E-state index contributed by atoms with van der Waals surface area (Å²) in [6.07, 6.45) is 0. The molecule has 2 atom stereocenters. The molecule has 9 heteroatoms. The molecule has 4 rings (SSSR count). The first-order valence-corrected chi connectivity index (χ1v) is 12.6. The number of anilines is 1. The van der Waals surface area contributed by atoms with Gasteiger partial charge in [-0.1, -0.05) is 23.7 Å². The van der Waals surface area contributed by atoms with Crippen LogP contribution in [0.15, 0.2) is 48.5 Å². The molecule has 1 aromatic heterocycles. The third kappa shape index (κ3) is 4.08. The van der Waals surface area contributed by atoms with E-state index in [1.807, 2.05) is 45.0 Å². The summed E-state index contributed by atoms with van der Waals surface area (Å²) in [5.41, 5.74) is -0.00619. The van der Waals surface area contributed by atoms with Crippen molar-refractivity contribution in [3.05, 3.63) is 68.9 Å². The monoisotopic (exact) mass is 528 g/mol. The number of benzene rings is 2. The lowest BCUT2D eigenvalue weighted by atomic mass is 9.61. The van der Waals surface area contributed by atoms with Crippen molar-refractivity contribution in [2.24, 2.45) is 0 Å². The molecule has 2 N–H and O–H groups in total. The zero-order valence-corrected chi connectivity index (χ0v) is 22.6. The fraction of sp³-hybridized carbons (Fsp3) is 0.333. The van der Waals surface area contributed by atoms with E-state index in [4.69, 9.17) is 21.1 Å². The largest absolute Gasteiger partial charge is 0.507 e. The van der Waals surface area contributed by atoms with Crippen LogP contribution in [-0.4, -0.2) is 42.7 Å². The van der Waals surface area contributed by atoms with Crippen LogP contribution in [0.1, 0.15) is 48.5 Å². The summed E-state index contributed by atoms with van der Waals surface area (Å²) in [4.78, 5) is 28.6. The summed E-state index contributed by atoms with van der Waals surface area (Å²) in [5, 5.41) is 14.5. The van der Waals surface area contributed by atoms with Crippen LogP contribution in [0.2, 0.25) is 4.34 Å². The van der Waals surface area contributed by atoms with Crippen molar-refractivity contribution >= 4 is 40.4 Å². The molecule has 0 saturated heterocycles. The first-order chi connectivity index (χ1) is 16.9. The first-order valence-electron chi connectivity index (χ1n) is 11.4. The Hall–Kier alpha value is -3.23. The standard InChI is InChI=1S/C27H29ClN2O5S/c1-15(31)30-19-13-18(35-6)14-20(32)23(19)27(4,16-7-9-17(34-5)10-8-16)25(26(30,2)3)29-24(33)21-11-12-22(28)36-21/h7-14,25,32H,1-6H3,(H,29,33). The van der Waals surface area contributed by atoms with E-state index >= 15 is 0 Å². The van der Waals surface area contributed by atoms with Gasteiger partial charge in [-0.15, -0.1) is 11.3 Å². The van der Waals surface area contributed by atoms with Crippen LogP contribution in [0.3, 0.4) is 0 Å². The molecule has 2 unspecified atom stereocenters. The topological polar surface area (TPSA) is 88.1 Å². The molecular weight excluding hydrogens is 500 g/mol. The fourth-order valence-corrected chi connectivity index (χ4v) is 6.43. The van der Waals surface area contributed by atoms with E-state index in [1.54, 1.807) is 30.2 Å².